The first-order valence-electron chi connectivity index (χ1n) is 7.37. The van der Waals surface area contributed by atoms with E-state index >= 15 is 0 Å². The van der Waals surface area contributed by atoms with Crippen molar-refractivity contribution in [1.82, 2.24) is 19.3 Å². The minimum absolute atomic E-state index is 0.0946. The molecule has 0 aliphatic carbocycles. The summed E-state index contributed by atoms with van der Waals surface area (Å²) in [7, 11) is -1.45. The standard InChI is InChI=1S/C13H24N4O3S/c1-4-5-13-14-12(15-20-13)10-17-8-6-11(7-9-17)16(2)21(3,18)19/h11H,4-10H2,1-3H3. The Bertz CT molecular complexity index is 550. The summed E-state index contributed by atoms with van der Waals surface area (Å²) in [6.45, 7) is 4.44. The summed E-state index contributed by atoms with van der Waals surface area (Å²) in [5, 5.41) is 3.99. The van der Waals surface area contributed by atoms with E-state index in [1.54, 1.807) is 7.05 Å². The normalized spacial score (nSPS) is 18.5. The van der Waals surface area contributed by atoms with Crippen LogP contribution in [0.25, 0.3) is 0 Å². The van der Waals surface area contributed by atoms with E-state index in [2.05, 4.69) is 22.0 Å². The first-order chi connectivity index (χ1) is 9.90. The van der Waals surface area contributed by atoms with Crippen LogP contribution in [0.4, 0.5) is 0 Å². The van der Waals surface area contributed by atoms with Gasteiger partial charge in [0.2, 0.25) is 15.9 Å². The maximum Gasteiger partial charge on any atom is 0.226 e. The van der Waals surface area contributed by atoms with Gasteiger partial charge in [0.1, 0.15) is 0 Å². The van der Waals surface area contributed by atoms with Crippen LogP contribution in [0.2, 0.25) is 0 Å². The number of hydrogen-bond donors (Lipinski definition) is 0. The van der Waals surface area contributed by atoms with Gasteiger partial charge in [-0.3, -0.25) is 4.90 Å². The highest BCUT2D eigenvalue weighted by Gasteiger charge is 2.27. The van der Waals surface area contributed by atoms with E-state index in [4.69, 9.17) is 4.52 Å². The average Bonchev–Trinajstić information content (AvgIpc) is 2.86. The van der Waals surface area contributed by atoms with Crippen LogP contribution in [-0.2, 0) is 23.0 Å². The zero-order valence-electron chi connectivity index (χ0n) is 12.9. The van der Waals surface area contributed by atoms with Crippen molar-refractivity contribution >= 4 is 10.0 Å². The van der Waals surface area contributed by atoms with Crippen molar-refractivity contribution in [2.45, 2.75) is 45.2 Å². The van der Waals surface area contributed by atoms with Gasteiger partial charge < -0.3 is 4.52 Å². The first-order valence-corrected chi connectivity index (χ1v) is 9.21. The molecule has 0 atom stereocenters. The van der Waals surface area contributed by atoms with Gasteiger partial charge >= 0.3 is 0 Å². The molecule has 1 aromatic rings. The van der Waals surface area contributed by atoms with Crippen molar-refractivity contribution < 1.29 is 12.9 Å². The topological polar surface area (TPSA) is 79.5 Å². The molecule has 0 N–H and O–H groups in total. The van der Waals surface area contributed by atoms with Gasteiger partial charge in [0, 0.05) is 32.6 Å². The smallest absolute Gasteiger partial charge is 0.226 e. The van der Waals surface area contributed by atoms with Gasteiger partial charge in [-0.25, -0.2) is 12.7 Å². The zero-order chi connectivity index (χ0) is 15.5. The molecule has 0 bridgehead atoms. The molecule has 21 heavy (non-hydrogen) atoms. The Morgan fingerprint density at radius 2 is 2.05 bits per heavy atom. The van der Waals surface area contributed by atoms with Crippen molar-refractivity contribution in [1.29, 1.82) is 0 Å². The summed E-state index contributed by atoms with van der Waals surface area (Å²) in [6.07, 6.45) is 4.74. The summed E-state index contributed by atoms with van der Waals surface area (Å²) < 4.78 is 29.8. The summed E-state index contributed by atoms with van der Waals surface area (Å²) >= 11 is 0. The van der Waals surface area contributed by atoms with Gasteiger partial charge in [0.25, 0.3) is 0 Å². The van der Waals surface area contributed by atoms with Crippen LogP contribution in [0.5, 0.6) is 0 Å². The molecule has 1 aliphatic heterocycles. The molecule has 2 heterocycles. The Kier molecular flexibility index (Phi) is 5.34. The lowest BCUT2D eigenvalue weighted by Crippen LogP contribution is -2.45. The second kappa shape index (κ2) is 6.85. The van der Waals surface area contributed by atoms with Crippen molar-refractivity contribution in [3.8, 4) is 0 Å². The lowest BCUT2D eigenvalue weighted by molar-refractivity contribution is 0.160. The molecule has 0 saturated carbocycles. The summed E-state index contributed by atoms with van der Waals surface area (Å²) in [6, 6.07) is 0.0946. The maximum atomic E-state index is 11.5. The van der Waals surface area contributed by atoms with Gasteiger partial charge in [0.15, 0.2) is 5.82 Å². The highest BCUT2D eigenvalue weighted by atomic mass is 32.2. The van der Waals surface area contributed by atoms with Crippen LogP contribution in [-0.4, -0.2) is 60.2 Å². The van der Waals surface area contributed by atoms with E-state index in [1.165, 1.54) is 10.6 Å². The van der Waals surface area contributed by atoms with Gasteiger partial charge in [-0.1, -0.05) is 12.1 Å². The van der Waals surface area contributed by atoms with Gasteiger partial charge in [-0.05, 0) is 19.3 Å². The predicted molar refractivity (Wildman–Crippen MR) is 79.2 cm³/mol. The largest absolute Gasteiger partial charge is 0.339 e. The second-order valence-electron chi connectivity index (χ2n) is 5.64. The molecule has 1 aliphatic rings. The number of rotatable bonds is 6. The van der Waals surface area contributed by atoms with E-state index in [0.29, 0.717) is 18.3 Å². The Hall–Kier alpha value is -0.990. The van der Waals surface area contributed by atoms with E-state index in [-0.39, 0.29) is 6.04 Å². The fraction of sp³-hybridized carbons (Fsp3) is 0.846. The fourth-order valence-electron chi connectivity index (χ4n) is 2.58. The third-order valence-corrected chi connectivity index (χ3v) is 5.28. The molecule has 0 radical (unpaired) electrons. The summed E-state index contributed by atoms with van der Waals surface area (Å²) in [4.78, 5) is 6.60. The second-order valence-corrected chi connectivity index (χ2v) is 7.68. The molecular formula is C13H24N4O3S. The molecular weight excluding hydrogens is 292 g/mol. The fourth-order valence-corrected chi connectivity index (χ4v) is 3.33. The molecule has 1 aromatic heterocycles. The van der Waals surface area contributed by atoms with Crippen LogP contribution in [0.1, 0.15) is 37.9 Å². The number of likely N-dealkylation sites (tertiary alicyclic amines) is 1. The highest BCUT2D eigenvalue weighted by molar-refractivity contribution is 7.88. The Balaban J connectivity index is 1.83. The molecule has 0 unspecified atom stereocenters. The molecule has 0 amide bonds. The third-order valence-electron chi connectivity index (χ3n) is 3.93. The summed E-state index contributed by atoms with van der Waals surface area (Å²) in [5.74, 6) is 1.41. The SMILES string of the molecule is CCCc1nc(CN2CCC(N(C)S(C)(=O)=O)CC2)no1. The molecule has 1 fully saturated rings. The third kappa shape index (κ3) is 4.49. The highest BCUT2D eigenvalue weighted by Crippen LogP contribution is 2.18. The van der Waals surface area contributed by atoms with E-state index in [1.807, 2.05) is 0 Å². The van der Waals surface area contributed by atoms with E-state index in [9.17, 15) is 8.42 Å². The number of hydrogen-bond acceptors (Lipinski definition) is 6. The predicted octanol–water partition coefficient (Wildman–Crippen LogP) is 0.878. The van der Waals surface area contributed by atoms with Crippen LogP contribution in [0.15, 0.2) is 4.52 Å². The maximum absolute atomic E-state index is 11.5. The number of aryl methyl sites for hydroxylation is 1. The lowest BCUT2D eigenvalue weighted by atomic mass is 10.1. The van der Waals surface area contributed by atoms with Gasteiger partial charge in [-0.15, -0.1) is 0 Å². The molecule has 0 spiro atoms. The van der Waals surface area contributed by atoms with Gasteiger partial charge in [0.05, 0.1) is 12.8 Å². The quantitative estimate of drug-likeness (QED) is 0.775. The number of piperidine rings is 1. The van der Waals surface area contributed by atoms with Crippen LogP contribution in [0, 0.1) is 0 Å². The molecule has 7 nitrogen and oxygen atoms in total. The zero-order valence-corrected chi connectivity index (χ0v) is 13.8. The molecule has 1 saturated heterocycles. The Morgan fingerprint density at radius 3 is 2.62 bits per heavy atom. The van der Waals surface area contributed by atoms with Crippen molar-refractivity contribution in [3.05, 3.63) is 11.7 Å². The van der Waals surface area contributed by atoms with E-state index in [0.717, 1.165) is 38.8 Å². The van der Waals surface area contributed by atoms with Gasteiger partial charge in [-0.2, -0.15) is 4.98 Å². The van der Waals surface area contributed by atoms with Crippen LogP contribution in [0.3, 0.4) is 0 Å². The minimum atomic E-state index is -3.11. The summed E-state index contributed by atoms with van der Waals surface area (Å²) in [5.41, 5.74) is 0. The van der Waals surface area contributed by atoms with E-state index < -0.39 is 10.0 Å². The van der Waals surface area contributed by atoms with Crippen molar-refractivity contribution in [2.75, 3.05) is 26.4 Å². The number of sulfonamides is 1. The Morgan fingerprint density at radius 1 is 1.38 bits per heavy atom. The molecule has 8 heteroatoms. The minimum Gasteiger partial charge on any atom is -0.339 e. The number of aromatic nitrogens is 2. The lowest BCUT2D eigenvalue weighted by Gasteiger charge is -2.35. The van der Waals surface area contributed by atoms with Crippen molar-refractivity contribution in [3.63, 3.8) is 0 Å². The molecule has 2 rings (SSSR count). The van der Waals surface area contributed by atoms with Crippen LogP contribution >= 0.6 is 0 Å². The number of nitrogens with zero attached hydrogens (tertiary/aromatic N) is 4. The monoisotopic (exact) mass is 316 g/mol. The van der Waals surface area contributed by atoms with Crippen molar-refractivity contribution in [2.24, 2.45) is 0 Å². The first kappa shape index (κ1) is 16.4. The molecule has 120 valence electrons. The molecule has 0 aromatic carbocycles. The Labute approximate surface area is 126 Å². The van der Waals surface area contributed by atoms with Crippen LogP contribution < -0.4 is 0 Å². The average molecular weight is 316 g/mol.